The maximum Gasteiger partial charge on any atom is 0.0175 e. The van der Waals surface area contributed by atoms with Gasteiger partial charge in [0.05, 0.1) is 0 Å². The normalized spacial score (nSPS) is 25.2. The molecule has 1 aliphatic carbocycles. The number of hydrogen-bond donors (Lipinski definition) is 0. The number of halogens is 1. The molecule has 0 heterocycles. The Hall–Kier alpha value is -0.300. The molecule has 0 bridgehead atoms. The van der Waals surface area contributed by atoms with Crippen molar-refractivity contribution >= 4 is 15.9 Å². The van der Waals surface area contributed by atoms with E-state index in [1.54, 1.807) is 0 Å². The second kappa shape index (κ2) is 3.69. The summed E-state index contributed by atoms with van der Waals surface area (Å²) in [7, 11) is 0. The molecule has 0 nitrogen and oxygen atoms in total. The molecule has 1 aliphatic rings. The van der Waals surface area contributed by atoms with Gasteiger partial charge in [-0.15, -0.1) is 0 Å². The van der Waals surface area contributed by atoms with Crippen molar-refractivity contribution in [3.05, 3.63) is 34.3 Å². The van der Waals surface area contributed by atoms with Crippen molar-refractivity contribution in [3.63, 3.8) is 0 Å². The van der Waals surface area contributed by atoms with Crippen LogP contribution in [-0.4, -0.2) is 0 Å². The molecule has 0 radical (unpaired) electrons. The lowest BCUT2D eigenvalue weighted by molar-refractivity contribution is 0.332. The standard InChI is InChI=1S/C13H17Br/c1-13(2)9-3-4-12(13)10-5-7-11(14)8-6-10/h5-8,12H,3-4,9H2,1-2H3. The van der Waals surface area contributed by atoms with Gasteiger partial charge in [-0.05, 0) is 41.9 Å². The van der Waals surface area contributed by atoms with Gasteiger partial charge in [-0.25, -0.2) is 0 Å². The first-order valence-electron chi connectivity index (χ1n) is 5.35. The Balaban J connectivity index is 2.27. The van der Waals surface area contributed by atoms with E-state index in [2.05, 4.69) is 54.0 Å². The van der Waals surface area contributed by atoms with E-state index >= 15 is 0 Å². The third-order valence-electron chi connectivity index (χ3n) is 3.53. The summed E-state index contributed by atoms with van der Waals surface area (Å²) in [6, 6.07) is 8.84. The van der Waals surface area contributed by atoms with Crippen LogP contribution < -0.4 is 0 Å². The summed E-state index contributed by atoms with van der Waals surface area (Å²) < 4.78 is 1.18. The van der Waals surface area contributed by atoms with Crippen LogP contribution in [0.5, 0.6) is 0 Å². The molecule has 0 saturated heterocycles. The van der Waals surface area contributed by atoms with E-state index in [9.17, 15) is 0 Å². The fraction of sp³-hybridized carbons (Fsp3) is 0.538. The van der Waals surface area contributed by atoms with Crippen molar-refractivity contribution in [1.29, 1.82) is 0 Å². The Bertz CT molecular complexity index is 311. The molecule has 1 unspecified atom stereocenters. The third-order valence-corrected chi connectivity index (χ3v) is 4.06. The van der Waals surface area contributed by atoms with E-state index in [4.69, 9.17) is 0 Å². The molecule has 1 atom stereocenters. The molecule has 1 saturated carbocycles. The van der Waals surface area contributed by atoms with Gasteiger partial charge in [-0.3, -0.25) is 0 Å². The Morgan fingerprint density at radius 2 is 1.86 bits per heavy atom. The maximum absolute atomic E-state index is 3.48. The van der Waals surface area contributed by atoms with Gasteiger partial charge in [0.1, 0.15) is 0 Å². The predicted molar refractivity (Wildman–Crippen MR) is 64.5 cm³/mol. The molecular weight excluding hydrogens is 236 g/mol. The molecule has 0 spiro atoms. The van der Waals surface area contributed by atoms with Gasteiger partial charge in [-0.1, -0.05) is 48.3 Å². The Morgan fingerprint density at radius 1 is 1.21 bits per heavy atom. The molecule has 1 fully saturated rings. The van der Waals surface area contributed by atoms with E-state index in [-0.39, 0.29) is 0 Å². The first-order chi connectivity index (χ1) is 6.59. The van der Waals surface area contributed by atoms with Crippen LogP contribution >= 0.6 is 15.9 Å². The highest BCUT2D eigenvalue weighted by Crippen LogP contribution is 2.48. The fourth-order valence-electron chi connectivity index (χ4n) is 2.64. The van der Waals surface area contributed by atoms with Crippen molar-refractivity contribution < 1.29 is 0 Å². The van der Waals surface area contributed by atoms with E-state index in [0.717, 1.165) is 5.92 Å². The van der Waals surface area contributed by atoms with Crippen molar-refractivity contribution in [2.45, 2.75) is 39.0 Å². The van der Waals surface area contributed by atoms with Gasteiger partial charge in [0.15, 0.2) is 0 Å². The van der Waals surface area contributed by atoms with E-state index < -0.39 is 0 Å². The second-order valence-corrected chi connectivity index (χ2v) is 5.90. The van der Waals surface area contributed by atoms with Gasteiger partial charge in [0.25, 0.3) is 0 Å². The lowest BCUT2D eigenvalue weighted by Gasteiger charge is -2.27. The van der Waals surface area contributed by atoms with Crippen molar-refractivity contribution in [3.8, 4) is 0 Å². The largest absolute Gasteiger partial charge is 0.0593 e. The van der Waals surface area contributed by atoms with Crippen LogP contribution in [0.3, 0.4) is 0 Å². The van der Waals surface area contributed by atoms with Crippen LogP contribution in [0.25, 0.3) is 0 Å². The first-order valence-corrected chi connectivity index (χ1v) is 6.14. The maximum atomic E-state index is 3.48. The van der Waals surface area contributed by atoms with E-state index in [1.807, 2.05) is 0 Å². The Kier molecular flexibility index (Phi) is 2.70. The Morgan fingerprint density at radius 3 is 2.36 bits per heavy atom. The van der Waals surface area contributed by atoms with E-state index in [1.165, 1.54) is 29.3 Å². The number of hydrogen-bond acceptors (Lipinski definition) is 0. The minimum Gasteiger partial charge on any atom is -0.0593 e. The quantitative estimate of drug-likeness (QED) is 0.677. The average molecular weight is 253 g/mol. The van der Waals surface area contributed by atoms with Crippen molar-refractivity contribution in [2.75, 3.05) is 0 Å². The zero-order valence-electron chi connectivity index (χ0n) is 8.89. The summed E-state index contributed by atoms with van der Waals surface area (Å²) in [5.41, 5.74) is 2.00. The predicted octanol–water partition coefficient (Wildman–Crippen LogP) is 4.74. The SMILES string of the molecule is CC1(C)CCCC1c1ccc(Br)cc1. The number of benzene rings is 1. The lowest BCUT2D eigenvalue weighted by Crippen LogP contribution is -2.15. The van der Waals surface area contributed by atoms with Crippen LogP contribution in [0.1, 0.15) is 44.6 Å². The van der Waals surface area contributed by atoms with Crippen LogP contribution in [0.4, 0.5) is 0 Å². The van der Waals surface area contributed by atoms with Crippen LogP contribution in [0.15, 0.2) is 28.7 Å². The van der Waals surface area contributed by atoms with Gasteiger partial charge in [-0.2, -0.15) is 0 Å². The van der Waals surface area contributed by atoms with Gasteiger partial charge >= 0.3 is 0 Å². The molecule has 1 heteroatoms. The van der Waals surface area contributed by atoms with Gasteiger partial charge in [0.2, 0.25) is 0 Å². The zero-order chi connectivity index (χ0) is 10.2. The van der Waals surface area contributed by atoms with Crippen molar-refractivity contribution in [1.82, 2.24) is 0 Å². The van der Waals surface area contributed by atoms with Crippen LogP contribution in [0.2, 0.25) is 0 Å². The van der Waals surface area contributed by atoms with E-state index in [0.29, 0.717) is 5.41 Å². The summed E-state index contributed by atoms with van der Waals surface area (Å²) in [6.45, 7) is 4.79. The molecule has 1 aromatic rings. The molecule has 2 rings (SSSR count). The minimum atomic E-state index is 0.494. The first kappa shape index (κ1) is 10.2. The lowest BCUT2D eigenvalue weighted by atomic mass is 9.78. The molecule has 14 heavy (non-hydrogen) atoms. The molecule has 0 aliphatic heterocycles. The van der Waals surface area contributed by atoms with Crippen LogP contribution in [-0.2, 0) is 0 Å². The number of rotatable bonds is 1. The summed E-state index contributed by atoms with van der Waals surface area (Å²) in [4.78, 5) is 0. The van der Waals surface area contributed by atoms with Crippen molar-refractivity contribution in [2.24, 2.45) is 5.41 Å². The topological polar surface area (TPSA) is 0 Å². The summed E-state index contributed by atoms with van der Waals surface area (Å²) >= 11 is 3.48. The minimum absolute atomic E-state index is 0.494. The Labute approximate surface area is 94.8 Å². The highest BCUT2D eigenvalue weighted by molar-refractivity contribution is 9.10. The summed E-state index contributed by atoms with van der Waals surface area (Å²) in [5.74, 6) is 0.760. The molecule has 0 aromatic heterocycles. The molecule has 1 aromatic carbocycles. The monoisotopic (exact) mass is 252 g/mol. The highest BCUT2D eigenvalue weighted by atomic mass is 79.9. The molecule has 76 valence electrons. The van der Waals surface area contributed by atoms with Gasteiger partial charge in [0, 0.05) is 4.47 Å². The highest BCUT2D eigenvalue weighted by Gasteiger charge is 2.35. The molecular formula is C13H17Br. The molecule has 0 amide bonds. The average Bonchev–Trinajstić information content (AvgIpc) is 2.47. The summed E-state index contributed by atoms with van der Waals surface area (Å²) in [5, 5.41) is 0. The zero-order valence-corrected chi connectivity index (χ0v) is 10.5. The van der Waals surface area contributed by atoms with Gasteiger partial charge < -0.3 is 0 Å². The second-order valence-electron chi connectivity index (χ2n) is 4.98. The summed E-state index contributed by atoms with van der Waals surface area (Å²) in [6.07, 6.45) is 4.11. The molecule has 0 N–H and O–H groups in total. The smallest absolute Gasteiger partial charge is 0.0175 e. The fourth-order valence-corrected chi connectivity index (χ4v) is 2.90. The third kappa shape index (κ3) is 1.88. The van der Waals surface area contributed by atoms with Crippen LogP contribution in [0, 0.1) is 5.41 Å².